The molecule has 1 fully saturated rings. The minimum absolute atomic E-state index is 0.00359. The smallest absolute Gasteiger partial charge is 0.270 e. The molecule has 4 aromatic rings. The number of aromatic nitrogens is 1. The van der Waals surface area contributed by atoms with Gasteiger partial charge in [0.2, 0.25) is 0 Å². The van der Waals surface area contributed by atoms with Crippen LogP contribution in [0.4, 0.5) is 0 Å². The highest BCUT2D eigenvalue weighted by Gasteiger charge is 2.37. The second kappa shape index (κ2) is 11.7. The minimum atomic E-state index is -0.345. The third-order valence-corrected chi connectivity index (χ3v) is 7.72. The first-order valence-corrected chi connectivity index (χ1v) is 13.9. The molecule has 2 amide bonds. The Hall–Kier alpha value is -4.91. The van der Waals surface area contributed by atoms with E-state index in [0.29, 0.717) is 37.6 Å². The number of nitrogens with one attached hydrogen (secondary N) is 1. The number of amides is 2. The fraction of sp³-hybridized carbons (Fsp3) is 0.206. The van der Waals surface area contributed by atoms with Gasteiger partial charge in [-0.1, -0.05) is 66.7 Å². The summed E-state index contributed by atoms with van der Waals surface area (Å²) in [4.78, 5) is 41.3. The Morgan fingerprint density at radius 3 is 2.32 bits per heavy atom. The number of fused-ring (bicyclic) bond motifs is 4. The third kappa shape index (κ3) is 5.99. The first kappa shape index (κ1) is 26.3. The molecule has 7 heteroatoms. The van der Waals surface area contributed by atoms with E-state index in [1.165, 1.54) is 0 Å². The number of likely N-dealkylation sites (tertiary alicyclic amines) is 1. The lowest BCUT2D eigenvalue weighted by Gasteiger charge is -2.43. The topological polar surface area (TPSA) is 80.6 Å². The van der Waals surface area contributed by atoms with Crippen LogP contribution in [0.1, 0.15) is 39.5 Å². The Balaban J connectivity index is 1.24. The summed E-state index contributed by atoms with van der Waals surface area (Å²) in [5, 5.41) is 2.88. The number of hydrogen-bond donors (Lipinski definition) is 1. The van der Waals surface area contributed by atoms with Gasteiger partial charge in [0.25, 0.3) is 17.4 Å². The van der Waals surface area contributed by atoms with Gasteiger partial charge in [-0.15, -0.1) is 0 Å². The molecular formula is C34H31N3O4. The first-order chi connectivity index (χ1) is 20.0. The van der Waals surface area contributed by atoms with E-state index in [1.54, 1.807) is 42.5 Å². The number of pyridine rings is 1. The molecule has 1 aromatic heterocycles. The van der Waals surface area contributed by atoms with E-state index in [-0.39, 0.29) is 34.9 Å². The number of nitrogens with zero attached hydrogens (tertiary/aromatic N) is 2. The minimum Gasteiger partial charge on any atom is -0.489 e. The summed E-state index contributed by atoms with van der Waals surface area (Å²) in [6, 6.07) is 31.6. The van der Waals surface area contributed by atoms with Gasteiger partial charge in [0.1, 0.15) is 18.1 Å². The normalized spacial score (nSPS) is 17.9. The van der Waals surface area contributed by atoms with Gasteiger partial charge < -0.3 is 19.5 Å². The number of hydrogen-bond acceptors (Lipinski definition) is 4. The monoisotopic (exact) mass is 545 g/mol. The van der Waals surface area contributed by atoms with Gasteiger partial charge in [-0.05, 0) is 59.9 Å². The number of carbonyl (C=O) groups is 2. The van der Waals surface area contributed by atoms with E-state index in [0.717, 1.165) is 23.2 Å². The van der Waals surface area contributed by atoms with Crippen LogP contribution in [0.25, 0.3) is 6.08 Å². The molecule has 0 aliphatic carbocycles. The summed E-state index contributed by atoms with van der Waals surface area (Å²) in [6.45, 7) is 2.07. The maximum absolute atomic E-state index is 14.0. The summed E-state index contributed by atoms with van der Waals surface area (Å²) < 4.78 is 7.75. The van der Waals surface area contributed by atoms with Crippen molar-refractivity contribution in [2.24, 2.45) is 5.92 Å². The van der Waals surface area contributed by atoms with Crippen molar-refractivity contribution in [2.45, 2.75) is 25.5 Å². The molecule has 3 aromatic carbocycles. The van der Waals surface area contributed by atoms with E-state index in [2.05, 4.69) is 5.32 Å². The van der Waals surface area contributed by atoms with Crippen LogP contribution in [0.5, 0.6) is 5.75 Å². The van der Waals surface area contributed by atoms with E-state index < -0.39 is 0 Å². The summed E-state index contributed by atoms with van der Waals surface area (Å²) in [5.74, 6) is 0.386. The molecule has 7 nitrogen and oxygen atoms in total. The summed E-state index contributed by atoms with van der Waals surface area (Å²) in [7, 11) is 0. The van der Waals surface area contributed by atoms with Crippen molar-refractivity contribution in [3.8, 4) is 5.75 Å². The fourth-order valence-corrected chi connectivity index (χ4v) is 5.74. The lowest BCUT2D eigenvalue weighted by molar-refractivity contribution is -0.130. The van der Waals surface area contributed by atoms with E-state index in [4.69, 9.17) is 4.74 Å². The zero-order valence-corrected chi connectivity index (χ0v) is 22.6. The van der Waals surface area contributed by atoms with Crippen molar-refractivity contribution in [1.29, 1.82) is 0 Å². The highest BCUT2D eigenvalue weighted by molar-refractivity contribution is 6.05. The quantitative estimate of drug-likeness (QED) is 0.337. The van der Waals surface area contributed by atoms with Crippen LogP contribution < -0.4 is 15.6 Å². The first-order valence-electron chi connectivity index (χ1n) is 13.9. The number of ether oxygens (including phenoxy) is 1. The predicted molar refractivity (Wildman–Crippen MR) is 157 cm³/mol. The molecule has 2 aliphatic heterocycles. The molecule has 0 unspecified atom stereocenters. The van der Waals surface area contributed by atoms with Crippen LogP contribution in [0.2, 0.25) is 0 Å². The second-order valence-corrected chi connectivity index (χ2v) is 10.6. The molecule has 0 spiro atoms. The molecule has 2 atom stereocenters. The fourth-order valence-electron chi connectivity index (χ4n) is 5.74. The number of rotatable bonds is 7. The molecule has 3 heterocycles. The molecule has 41 heavy (non-hydrogen) atoms. The highest BCUT2D eigenvalue weighted by atomic mass is 16.5. The largest absolute Gasteiger partial charge is 0.489 e. The van der Waals surface area contributed by atoms with Crippen molar-refractivity contribution in [1.82, 2.24) is 14.8 Å². The molecule has 2 aliphatic rings. The van der Waals surface area contributed by atoms with Crippen molar-refractivity contribution in [3.05, 3.63) is 142 Å². The van der Waals surface area contributed by atoms with Gasteiger partial charge in [0.15, 0.2) is 0 Å². The highest BCUT2D eigenvalue weighted by Crippen LogP contribution is 2.35. The zero-order valence-electron chi connectivity index (χ0n) is 22.6. The molecular weight excluding hydrogens is 514 g/mol. The molecule has 1 saturated heterocycles. The Morgan fingerprint density at radius 1 is 0.829 bits per heavy atom. The molecule has 206 valence electrons. The van der Waals surface area contributed by atoms with Gasteiger partial charge in [0.05, 0.1) is 0 Å². The average molecular weight is 546 g/mol. The number of benzene rings is 3. The second-order valence-electron chi connectivity index (χ2n) is 10.6. The van der Waals surface area contributed by atoms with Crippen molar-refractivity contribution in [3.63, 3.8) is 0 Å². The van der Waals surface area contributed by atoms with Gasteiger partial charge in [-0.3, -0.25) is 14.4 Å². The Labute approximate surface area is 238 Å². The Bertz CT molecular complexity index is 1630. The van der Waals surface area contributed by atoms with Gasteiger partial charge in [-0.25, -0.2) is 0 Å². The van der Waals surface area contributed by atoms with Crippen LogP contribution in [0.15, 0.2) is 114 Å². The lowest BCUT2D eigenvalue weighted by atomic mass is 9.83. The van der Waals surface area contributed by atoms with Crippen LogP contribution in [0, 0.1) is 5.92 Å². The van der Waals surface area contributed by atoms with Crippen LogP contribution >= 0.6 is 0 Å². The van der Waals surface area contributed by atoms with E-state index >= 15 is 0 Å². The molecule has 0 saturated carbocycles. The lowest BCUT2D eigenvalue weighted by Crippen LogP contribution is -2.50. The Kier molecular flexibility index (Phi) is 7.50. The van der Waals surface area contributed by atoms with Gasteiger partial charge in [-0.2, -0.15) is 0 Å². The summed E-state index contributed by atoms with van der Waals surface area (Å²) in [5.41, 5.74) is 3.50. The number of carbonyl (C=O) groups excluding carboxylic acids is 2. The molecule has 2 bridgehead atoms. The SMILES string of the molecule is O=C(N/C(=C\c1ccc(OCc2ccccc2)cc1)C(=O)N1C[C@H]2C[C@@H](C1)c1cccc(=O)n1C2)c1ccccc1. The average Bonchev–Trinajstić information content (AvgIpc) is 3.01. The summed E-state index contributed by atoms with van der Waals surface area (Å²) in [6.07, 6.45) is 2.65. The molecule has 6 rings (SSSR count). The Morgan fingerprint density at radius 2 is 1.56 bits per heavy atom. The van der Waals surface area contributed by atoms with Crippen LogP contribution in [0.3, 0.4) is 0 Å². The number of piperidine rings is 1. The summed E-state index contributed by atoms with van der Waals surface area (Å²) >= 11 is 0. The standard InChI is InChI=1S/C34H31N3O4/c38-32-13-7-12-31-28-18-26(21-37(31)32)20-36(22-28)34(40)30(35-33(39)27-10-5-2-6-11-27)19-24-14-16-29(17-15-24)41-23-25-8-3-1-4-9-25/h1-17,19,26,28H,18,20-23H2,(H,35,39)/b30-19-/t26-,28+/m1/s1. The van der Waals surface area contributed by atoms with Crippen LogP contribution in [-0.4, -0.2) is 34.4 Å². The zero-order chi connectivity index (χ0) is 28.2. The predicted octanol–water partition coefficient (Wildman–Crippen LogP) is 4.84. The van der Waals surface area contributed by atoms with Crippen LogP contribution in [-0.2, 0) is 17.9 Å². The maximum Gasteiger partial charge on any atom is 0.270 e. The van der Waals surface area contributed by atoms with Gasteiger partial charge in [0, 0.05) is 42.9 Å². The van der Waals surface area contributed by atoms with Crippen molar-refractivity contribution < 1.29 is 14.3 Å². The maximum atomic E-state index is 14.0. The van der Waals surface area contributed by atoms with Crippen molar-refractivity contribution >= 4 is 17.9 Å². The molecule has 0 radical (unpaired) electrons. The third-order valence-electron chi connectivity index (χ3n) is 7.72. The van der Waals surface area contributed by atoms with Gasteiger partial charge >= 0.3 is 0 Å². The molecule has 1 N–H and O–H groups in total. The van der Waals surface area contributed by atoms with Crippen molar-refractivity contribution in [2.75, 3.05) is 13.1 Å². The van der Waals surface area contributed by atoms with E-state index in [9.17, 15) is 14.4 Å². The van der Waals surface area contributed by atoms with E-state index in [1.807, 2.05) is 76.2 Å².